The van der Waals surface area contributed by atoms with E-state index in [4.69, 9.17) is 9.47 Å². The van der Waals surface area contributed by atoms with E-state index >= 15 is 0 Å². The van der Waals surface area contributed by atoms with E-state index in [-0.39, 0.29) is 18.1 Å². The number of likely N-dealkylation sites (tertiary alicyclic amines) is 1. The van der Waals surface area contributed by atoms with Gasteiger partial charge < -0.3 is 14.8 Å². The second-order valence-electron chi connectivity index (χ2n) is 7.76. The van der Waals surface area contributed by atoms with Crippen LogP contribution < -0.4 is 14.8 Å². The molecule has 2 aromatic rings. The van der Waals surface area contributed by atoms with Crippen LogP contribution in [-0.4, -0.2) is 35.7 Å². The van der Waals surface area contributed by atoms with Crippen LogP contribution in [-0.2, 0) is 11.3 Å². The van der Waals surface area contributed by atoms with Gasteiger partial charge in [-0.1, -0.05) is 36.8 Å². The summed E-state index contributed by atoms with van der Waals surface area (Å²) < 4.78 is 10.6. The van der Waals surface area contributed by atoms with Crippen molar-refractivity contribution in [2.75, 3.05) is 25.2 Å². The highest BCUT2D eigenvalue weighted by Crippen LogP contribution is 2.49. The highest BCUT2D eigenvalue weighted by molar-refractivity contribution is 5.95. The number of hydrogen-bond donors (Lipinski definition) is 1. The second-order valence-corrected chi connectivity index (χ2v) is 7.76. The van der Waals surface area contributed by atoms with Gasteiger partial charge in [0, 0.05) is 19.6 Å². The fourth-order valence-corrected chi connectivity index (χ4v) is 4.83. The molecule has 1 amide bonds. The van der Waals surface area contributed by atoms with Crippen molar-refractivity contribution in [1.29, 1.82) is 0 Å². The van der Waals surface area contributed by atoms with E-state index in [9.17, 15) is 4.79 Å². The predicted molar refractivity (Wildman–Crippen MR) is 100 cm³/mol. The molecule has 0 unspecified atom stereocenters. The smallest absolute Gasteiger partial charge is 0.262 e. The third-order valence-corrected chi connectivity index (χ3v) is 6.12. The van der Waals surface area contributed by atoms with Crippen LogP contribution in [0, 0.1) is 11.3 Å². The summed E-state index contributed by atoms with van der Waals surface area (Å²) in [4.78, 5) is 20.1. The van der Waals surface area contributed by atoms with Gasteiger partial charge in [0.1, 0.15) is 5.82 Å². The molecule has 3 aliphatic rings. The van der Waals surface area contributed by atoms with Gasteiger partial charge in [-0.05, 0) is 36.5 Å². The number of fused-ring (bicyclic) bond motifs is 2. The van der Waals surface area contributed by atoms with Gasteiger partial charge >= 0.3 is 0 Å². The first-order valence-corrected chi connectivity index (χ1v) is 9.57. The number of carbonyl (C=O) groups is 1. The molecule has 27 heavy (non-hydrogen) atoms. The van der Waals surface area contributed by atoms with E-state index in [0.717, 1.165) is 38.9 Å². The van der Waals surface area contributed by atoms with Crippen molar-refractivity contribution in [3.05, 3.63) is 48.0 Å². The molecule has 5 rings (SSSR count). The number of amides is 1. The molecule has 2 aliphatic heterocycles. The van der Waals surface area contributed by atoms with Gasteiger partial charge in [-0.2, -0.15) is 4.98 Å². The predicted octanol–water partition coefficient (Wildman–Crippen LogP) is 3.05. The number of aromatic nitrogens is 1. The number of nitrogens with zero attached hydrogens (tertiary/aromatic N) is 2. The molecule has 6 heteroatoms. The lowest BCUT2D eigenvalue weighted by Crippen LogP contribution is -2.40. The molecule has 1 aliphatic carbocycles. The molecule has 0 bridgehead atoms. The van der Waals surface area contributed by atoms with E-state index < -0.39 is 0 Å². The number of hydrogen-bond acceptors (Lipinski definition) is 5. The molecule has 1 aromatic heterocycles. The lowest BCUT2D eigenvalue weighted by atomic mass is 9.80. The minimum atomic E-state index is -0.313. The van der Waals surface area contributed by atoms with Crippen LogP contribution in [0.1, 0.15) is 24.8 Å². The zero-order valence-electron chi connectivity index (χ0n) is 15.2. The molecular weight excluding hydrogens is 342 g/mol. The Morgan fingerprint density at radius 1 is 1.22 bits per heavy atom. The normalized spacial score (nSPS) is 26.1. The zero-order valence-corrected chi connectivity index (χ0v) is 15.2. The Bertz CT molecular complexity index is 857. The number of carbonyl (C=O) groups excluding carboxylic acids is 1. The van der Waals surface area contributed by atoms with E-state index in [2.05, 4.69) is 39.5 Å². The van der Waals surface area contributed by atoms with Crippen molar-refractivity contribution >= 4 is 11.7 Å². The first kappa shape index (κ1) is 16.6. The number of pyridine rings is 1. The fourth-order valence-electron chi connectivity index (χ4n) is 4.83. The standard InChI is InChI=1S/C21H23N3O3/c25-20(23-18-9-8-17-19(22-18)27-14-26-17)21-10-4-7-16(21)12-24(13-21)11-15-5-2-1-3-6-15/h1-3,5-6,8-9,16H,4,7,10-14H2,(H,22,23,25)/t16-,21-/m0/s1. The van der Waals surface area contributed by atoms with Crippen LogP contribution in [0.2, 0.25) is 0 Å². The monoisotopic (exact) mass is 365 g/mol. The first-order chi connectivity index (χ1) is 13.2. The van der Waals surface area contributed by atoms with Crippen LogP contribution >= 0.6 is 0 Å². The van der Waals surface area contributed by atoms with E-state index in [1.165, 1.54) is 5.56 Å². The molecule has 2 atom stereocenters. The van der Waals surface area contributed by atoms with Crippen LogP contribution in [0.4, 0.5) is 5.82 Å². The maximum atomic E-state index is 13.3. The maximum Gasteiger partial charge on any atom is 0.262 e. The van der Waals surface area contributed by atoms with E-state index in [0.29, 0.717) is 23.4 Å². The molecule has 1 saturated carbocycles. The second kappa shape index (κ2) is 6.53. The average Bonchev–Trinajstić information content (AvgIpc) is 3.36. The molecule has 0 spiro atoms. The Morgan fingerprint density at radius 3 is 3.00 bits per heavy atom. The molecule has 1 saturated heterocycles. The lowest BCUT2D eigenvalue weighted by molar-refractivity contribution is -0.126. The Balaban J connectivity index is 1.32. The van der Waals surface area contributed by atoms with Gasteiger partial charge in [0.15, 0.2) is 5.75 Å². The van der Waals surface area contributed by atoms with Crippen LogP contribution in [0.3, 0.4) is 0 Å². The Kier molecular flexibility index (Phi) is 4.01. The van der Waals surface area contributed by atoms with Crippen molar-refractivity contribution in [3.8, 4) is 11.6 Å². The Hall–Kier alpha value is -2.60. The summed E-state index contributed by atoms with van der Waals surface area (Å²) in [5.74, 6) is 2.11. The average molecular weight is 365 g/mol. The molecule has 1 aromatic carbocycles. The Morgan fingerprint density at radius 2 is 2.11 bits per heavy atom. The van der Waals surface area contributed by atoms with E-state index in [1.807, 2.05) is 6.07 Å². The number of nitrogens with one attached hydrogen (secondary N) is 1. The molecule has 6 nitrogen and oxygen atoms in total. The summed E-state index contributed by atoms with van der Waals surface area (Å²) in [6.07, 6.45) is 3.18. The SMILES string of the molecule is O=C(Nc1ccc2c(n1)OCO2)[C@]12CCC[C@H]1CN(Cc1ccccc1)C2. The van der Waals surface area contributed by atoms with Crippen molar-refractivity contribution in [1.82, 2.24) is 9.88 Å². The zero-order chi connectivity index (χ0) is 18.3. The summed E-state index contributed by atoms with van der Waals surface area (Å²) in [7, 11) is 0. The minimum Gasteiger partial charge on any atom is -0.452 e. The highest BCUT2D eigenvalue weighted by atomic mass is 16.7. The molecule has 140 valence electrons. The summed E-state index contributed by atoms with van der Waals surface area (Å²) in [5.41, 5.74) is 0.984. The summed E-state index contributed by atoms with van der Waals surface area (Å²) >= 11 is 0. The highest BCUT2D eigenvalue weighted by Gasteiger charge is 2.54. The number of rotatable bonds is 4. The Labute approximate surface area is 158 Å². The van der Waals surface area contributed by atoms with Gasteiger partial charge in [-0.25, -0.2) is 0 Å². The number of anilines is 1. The van der Waals surface area contributed by atoms with Gasteiger partial charge in [-0.15, -0.1) is 0 Å². The van der Waals surface area contributed by atoms with Crippen LogP contribution in [0.15, 0.2) is 42.5 Å². The summed E-state index contributed by atoms with van der Waals surface area (Å²) in [5, 5.41) is 3.05. The molecule has 2 fully saturated rings. The van der Waals surface area contributed by atoms with Crippen LogP contribution in [0.25, 0.3) is 0 Å². The third-order valence-electron chi connectivity index (χ3n) is 6.12. The maximum absolute atomic E-state index is 13.3. The summed E-state index contributed by atoms with van der Waals surface area (Å²) in [6.45, 7) is 2.87. The topological polar surface area (TPSA) is 63.7 Å². The number of benzene rings is 1. The number of ether oxygens (including phenoxy) is 2. The molecule has 1 N–H and O–H groups in total. The fraction of sp³-hybridized carbons (Fsp3) is 0.429. The molecular formula is C21H23N3O3. The van der Waals surface area contributed by atoms with Gasteiger partial charge in [0.2, 0.25) is 12.7 Å². The molecule has 3 heterocycles. The van der Waals surface area contributed by atoms with Crippen LogP contribution in [0.5, 0.6) is 11.6 Å². The van der Waals surface area contributed by atoms with E-state index in [1.54, 1.807) is 12.1 Å². The summed E-state index contributed by atoms with van der Waals surface area (Å²) in [6, 6.07) is 14.1. The lowest BCUT2D eigenvalue weighted by Gasteiger charge is -2.27. The largest absolute Gasteiger partial charge is 0.452 e. The minimum absolute atomic E-state index is 0.0897. The third kappa shape index (κ3) is 2.94. The van der Waals surface area contributed by atoms with Gasteiger partial charge in [-0.3, -0.25) is 9.69 Å². The molecule has 0 radical (unpaired) electrons. The quantitative estimate of drug-likeness (QED) is 0.902. The van der Waals surface area contributed by atoms with Gasteiger partial charge in [0.25, 0.3) is 5.88 Å². The van der Waals surface area contributed by atoms with Crippen molar-refractivity contribution in [2.24, 2.45) is 11.3 Å². The van der Waals surface area contributed by atoms with Crippen molar-refractivity contribution in [3.63, 3.8) is 0 Å². The van der Waals surface area contributed by atoms with Crippen molar-refractivity contribution < 1.29 is 14.3 Å². The first-order valence-electron chi connectivity index (χ1n) is 9.57. The van der Waals surface area contributed by atoms with Gasteiger partial charge in [0.05, 0.1) is 5.41 Å². The van der Waals surface area contributed by atoms with Crippen molar-refractivity contribution in [2.45, 2.75) is 25.8 Å².